The fourth-order valence-corrected chi connectivity index (χ4v) is 3.88. The van der Waals surface area contributed by atoms with Crippen LogP contribution >= 0.6 is 27.3 Å². The first-order valence-electron chi connectivity index (χ1n) is 8.14. The largest absolute Gasteiger partial charge is 0.482 e. The Morgan fingerprint density at radius 3 is 3.04 bits per heavy atom. The maximum Gasteiger partial charge on any atom is 0.262 e. The third-order valence-electron chi connectivity index (χ3n) is 3.91. The molecule has 2 heterocycles. The zero-order chi connectivity index (χ0) is 18.8. The van der Waals surface area contributed by atoms with Crippen LogP contribution in [0, 0.1) is 0 Å². The zero-order valence-corrected chi connectivity index (χ0v) is 16.4. The molecule has 0 saturated heterocycles. The van der Waals surface area contributed by atoms with Gasteiger partial charge in [0.05, 0.1) is 17.8 Å². The highest BCUT2D eigenvalue weighted by molar-refractivity contribution is 9.10. The summed E-state index contributed by atoms with van der Waals surface area (Å²) in [6.45, 7) is 0.0250. The lowest BCUT2D eigenvalue weighted by Crippen LogP contribution is -2.25. The molecule has 0 fully saturated rings. The Kier molecular flexibility index (Phi) is 4.91. The number of nitrogens with one attached hydrogen (secondary N) is 2. The minimum atomic E-state index is -0.182. The van der Waals surface area contributed by atoms with Crippen LogP contribution in [0.3, 0.4) is 0 Å². The average molecular weight is 444 g/mol. The number of hydrogen-bond donors (Lipinski definition) is 2. The van der Waals surface area contributed by atoms with E-state index in [1.807, 2.05) is 41.8 Å². The second kappa shape index (κ2) is 7.50. The summed E-state index contributed by atoms with van der Waals surface area (Å²) in [6.07, 6.45) is 0.274. The van der Waals surface area contributed by atoms with E-state index in [4.69, 9.17) is 4.74 Å². The van der Waals surface area contributed by atoms with Crippen LogP contribution in [0.25, 0.3) is 11.3 Å². The van der Waals surface area contributed by atoms with Crippen LogP contribution in [0.1, 0.15) is 5.56 Å². The standard InChI is InChI=1S/C19H14BrN3O3S/c20-13-3-1-2-11(6-13)7-17(24)23-19-22-15(10-27-19)12-4-5-16-14(8-12)21-18(25)9-26-16/h1-6,8,10H,7,9H2,(H,21,25)(H,22,23,24). The first kappa shape index (κ1) is 17.7. The van der Waals surface area contributed by atoms with Gasteiger partial charge in [-0.05, 0) is 35.9 Å². The zero-order valence-electron chi connectivity index (χ0n) is 14.0. The van der Waals surface area contributed by atoms with Crippen molar-refractivity contribution in [1.29, 1.82) is 0 Å². The Hall–Kier alpha value is -2.71. The van der Waals surface area contributed by atoms with Crippen molar-refractivity contribution >= 4 is 49.9 Å². The topological polar surface area (TPSA) is 80.3 Å². The summed E-state index contributed by atoms with van der Waals surface area (Å²) in [4.78, 5) is 28.2. The number of amides is 2. The van der Waals surface area contributed by atoms with Crippen LogP contribution in [0.15, 0.2) is 52.3 Å². The predicted molar refractivity (Wildman–Crippen MR) is 108 cm³/mol. The summed E-state index contributed by atoms with van der Waals surface area (Å²) in [7, 11) is 0. The lowest BCUT2D eigenvalue weighted by atomic mass is 10.1. The highest BCUT2D eigenvalue weighted by atomic mass is 79.9. The van der Waals surface area contributed by atoms with Crippen molar-refractivity contribution in [3.63, 3.8) is 0 Å². The quantitative estimate of drug-likeness (QED) is 0.636. The van der Waals surface area contributed by atoms with Crippen LogP contribution in [0.4, 0.5) is 10.8 Å². The monoisotopic (exact) mass is 443 g/mol. The first-order valence-corrected chi connectivity index (χ1v) is 9.81. The molecule has 1 aliphatic rings. The third-order valence-corrected chi connectivity index (χ3v) is 5.16. The van der Waals surface area contributed by atoms with Crippen LogP contribution in [-0.2, 0) is 16.0 Å². The van der Waals surface area contributed by atoms with Gasteiger partial charge in [-0.3, -0.25) is 9.59 Å². The van der Waals surface area contributed by atoms with E-state index >= 15 is 0 Å². The van der Waals surface area contributed by atoms with Crippen molar-refractivity contribution in [2.24, 2.45) is 0 Å². The Balaban J connectivity index is 1.46. The summed E-state index contributed by atoms with van der Waals surface area (Å²) < 4.78 is 6.30. The van der Waals surface area contributed by atoms with Gasteiger partial charge in [0.15, 0.2) is 11.7 Å². The van der Waals surface area contributed by atoms with Crippen LogP contribution in [0.5, 0.6) is 5.75 Å². The van der Waals surface area contributed by atoms with Crippen molar-refractivity contribution in [2.45, 2.75) is 6.42 Å². The smallest absolute Gasteiger partial charge is 0.262 e. The van der Waals surface area contributed by atoms with Gasteiger partial charge in [-0.1, -0.05) is 28.1 Å². The molecule has 0 saturated carbocycles. The molecule has 0 radical (unpaired) electrons. The molecule has 2 amide bonds. The summed E-state index contributed by atoms with van der Waals surface area (Å²) in [6, 6.07) is 13.1. The number of fused-ring (bicyclic) bond motifs is 1. The van der Waals surface area contributed by atoms with Crippen molar-refractivity contribution < 1.29 is 14.3 Å². The summed E-state index contributed by atoms with van der Waals surface area (Å²) in [5.41, 5.74) is 3.10. The Labute approximate surface area is 167 Å². The highest BCUT2D eigenvalue weighted by Crippen LogP contribution is 2.33. The second-order valence-electron chi connectivity index (χ2n) is 5.94. The van der Waals surface area contributed by atoms with E-state index in [2.05, 4.69) is 31.5 Å². The van der Waals surface area contributed by atoms with Crippen molar-refractivity contribution in [2.75, 3.05) is 17.2 Å². The van der Waals surface area contributed by atoms with Gasteiger partial charge in [0, 0.05) is 15.4 Å². The second-order valence-corrected chi connectivity index (χ2v) is 7.71. The molecule has 27 heavy (non-hydrogen) atoms. The number of benzene rings is 2. The lowest BCUT2D eigenvalue weighted by Gasteiger charge is -2.18. The SMILES string of the molecule is O=C(Cc1cccc(Br)c1)Nc1nc(-c2ccc3c(c2)NC(=O)CO3)cs1. The molecule has 0 unspecified atom stereocenters. The number of anilines is 2. The number of carbonyl (C=O) groups excluding carboxylic acids is 2. The molecule has 1 aromatic heterocycles. The van der Waals surface area contributed by atoms with E-state index in [-0.39, 0.29) is 24.8 Å². The fourth-order valence-electron chi connectivity index (χ4n) is 2.70. The molecular weight excluding hydrogens is 430 g/mol. The third kappa shape index (κ3) is 4.17. The number of carbonyl (C=O) groups is 2. The Bertz CT molecular complexity index is 1030. The maximum atomic E-state index is 12.2. The molecule has 6 nitrogen and oxygen atoms in total. The summed E-state index contributed by atoms with van der Waals surface area (Å²) in [5, 5.41) is 8.00. The number of nitrogens with zero attached hydrogens (tertiary/aromatic N) is 1. The average Bonchev–Trinajstić information content (AvgIpc) is 3.09. The van der Waals surface area contributed by atoms with Gasteiger partial charge in [-0.25, -0.2) is 4.98 Å². The van der Waals surface area contributed by atoms with E-state index in [0.717, 1.165) is 21.3 Å². The van der Waals surface area contributed by atoms with Gasteiger partial charge in [0.25, 0.3) is 5.91 Å². The number of ether oxygens (including phenoxy) is 1. The summed E-state index contributed by atoms with van der Waals surface area (Å²) in [5.74, 6) is 0.328. The molecule has 3 aromatic rings. The van der Waals surface area contributed by atoms with Gasteiger partial charge in [0.1, 0.15) is 5.75 Å². The minimum Gasteiger partial charge on any atom is -0.482 e. The van der Waals surface area contributed by atoms with Gasteiger partial charge >= 0.3 is 0 Å². The van der Waals surface area contributed by atoms with Gasteiger partial charge in [-0.2, -0.15) is 0 Å². The first-order chi connectivity index (χ1) is 13.1. The van der Waals surface area contributed by atoms with Crippen LogP contribution < -0.4 is 15.4 Å². The maximum absolute atomic E-state index is 12.2. The molecule has 0 atom stereocenters. The van der Waals surface area contributed by atoms with Crippen molar-refractivity contribution in [3.05, 3.63) is 57.9 Å². The Morgan fingerprint density at radius 1 is 1.30 bits per heavy atom. The molecule has 2 aromatic carbocycles. The molecule has 1 aliphatic heterocycles. The number of aromatic nitrogens is 1. The van der Waals surface area contributed by atoms with E-state index in [9.17, 15) is 9.59 Å². The molecule has 0 bridgehead atoms. The van der Waals surface area contributed by atoms with E-state index in [0.29, 0.717) is 16.6 Å². The number of halogens is 1. The molecule has 0 spiro atoms. The van der Waals surface area contributed by atoms with Gasteiger partial charge in [-0.15, -0.1) is 11.3 Å². The molecular formula is C19H14BrN3O3S. The normalized spacial score (nSPS) is 12.7. The summed E-state index contributed by atoms with van der Waals surface area (Å²) >= 11 is 4.75. The highest BCUT2D eigenvalue weighted by Gasteiger charge is 2.17. The van der Waals surface area contributed by atoms with Gasteiger partial charge in [0.2, 0.25) is 5.91 Å². The van der Waals surface area contributed by atoms with E-state index in [1.165, 1.54) is 11.3 Å². The predicted octanol–water partition coefficient (Wildman–Crippen LogP) is 4.08. The molecule has 4 rings (SSSR count). The number of thiazole rings is 1. The van der Waals surface area contributed by atoms with Crippen LogP contribution in [0.2, 0.25) is 0 Å². The van der Waals surface area contributed by atoms with Gasteiger partial charge < -0.3 is 15.4 Å². The van der Waals surface area contributed by atoms with E-state index in [1.54, 1.807) is 6.07 Å². The van der Waals surface area contributed by atoms with Crippen molar-refractivity contribution in [1.82, 2.24) is 4.98 Å². The van der Waals surface area contributed by atoms with Crippen LogP contribution in [-0.4, -0.2) is 23.4 Å². The minimum absolute atomic E-state index is 0.0250. The molecule has 2 N–H and O–H groups in total. The van der Waals surface area contributed by atoms with Crippen molar-refractivity contribution in [3.8, 4) is 17.0 Å². The lowest BCUT2D eigenvalue weighted by molar-refractivity contribution is -0.118. The number of hydrogen-bond acceptors (Lipinski definition) is 5. The molecule has 8 heteroatoms. The number of rotatable bonds is 4. The fraction of sp³-hybridized carbons (Fsp3) is 0.105. The molecule has 136 valence electrons. The Morgan fingerprint density at radius 2 is 2.19 bits per heavy atom. The molecule has 0 aliphatic carbocycles. The van der Waals surface area contributed by atoms with E-state index < -0.39 is 0 Å².